The van der Waals surface area contributed by atoms with E-state index in [1.807, 2.05) is 24.3 Å². The maximum Gasteiger partial charge on any atom is 0.407 e. The summed E-state index contributed by atoms with van der Waals surface area (Å²) in [6.07, 6.45) is 4.16. The number of carbonyl (C=O) groups excluding carboxylic acids is 2. The molecular weight excluding hydrogens is 444 g/mol. The van der Waals surface area contributed by atoms with Crippen LogP contribution in [0.2, 0.25) is 0 Å². The Kier molecular flexibility index (Phi) is 6.50. The van der Waals surface area contributed by atoms with Gasteiger partial charge in [-0.15, -0.1) is 0 Å². The van der Waals surface area contributed by atoms with Gasteiger partial charge in [0.1, 0.15) is 6.61 Å². The van der Waals surface area contributed by atoms with E-state index >= 15 is 0 Å². The molecule has 7 nitrogen and oxygen atoms in total. The number of benzene rings is 2. The largest absolute Gasteiger partial charge is 0.481 e. The van der Waals surface area contributed by atoms with Crippen LogP contribution in [0.5, 0.6) is 0 Å². The predicted molar refractivity (Wildman–Crippen MR) is 131 cm³/mol. The first-order valence-electron chi connectivity index (χ1n) is 12.6. The average Bonchev–Trinajstić information content (AvgIpc) is 3.43. The van der Waals surface area contributed by atoms with E-state index in [4.69, 9.17) is 4.74 Å². The molecule has 2 aromatic carbocycles. The molecule has 2 saturated carbocycles. The molecule has 5 rings (SSSR count). The first kappa shape index (κ1) is 23.4. The van der Waals surface area contributed by atoms with E-state index in [2.05, 4.69) is 34.9 Å². The van der Waals surface area contributed by atoms with Crippen LogP contribution in [0, 0.1) is 17.3 Å². The van der Waals surface area contributed by atoms with E-state index in [9.17, 15) is 19.5 Å². The minimum absolute atomic E-state index is 0.00576. The lowest BCUT2D eigenvalue weighted by Crippen LogP contribution is -2.49. The van der Waals surface area contributed by atoms with Crippen molar-refractivity contribution in [2.75, 3.05) is 19.7 Å². The smallest absolute Gasteiger partial charge is 0.407 e. The standard InChI is InChI=1S/C28H32N2O5/c31-25(30-17-28(26(32)33)13-6-14-28)19-12-5-7-18(19)15-29-27(34)35-16-24-22-10-3-1-8-20(22)21-9-2-4-11-23(21)24/h1-4,8-11,18-19,24H,5-7,12-17H2,(H,29,34)(H,30,31)(H,32,33). The predicted octanol–water partition coefficient (Wildman–Crippen LogP) is 4.31. The maximum absolute atomic E-state index is 12.8. The first-order chi connectivity index (χ1) is 17.0. The van der Waals surface area contributed by atoms with Crippen molar-refractivity contribution in [1.29, 1.82) is 0 Å². The number of aliphatic carboxylic acids is 1. The van der Waals surface area contributed by atoms with Gasteiger partial charge in [0, 0.05) is 24.9 Å². The third-order valence-electron chi connectivity index (χ3n) is 8.21. The quantitative estimate of drug-likeness (QED) is 0.527. The number of ether oxygens (including phenoxy) is 1. The van der Waals surface area contributed by atoms with Crippen LogP contribution in [0.15, 0.2) is 48.5 Å². The molecule has 35 heavy (non-hydrogen) atoms. The van der Waals surface area contributed by atoms with Crippen LogP contribution < -0.4 is 10.6 Å². The highest BCUT2D eigenvalue weighted by molar-refractivity contribution is 5.82. The fourth-order valence-corrected chi connectivity index (χ4v) is 5.95. The van der Waals surface area contributed by atoms with Crippen molar-refractivity contribution in [2.24, 2.45) is 17.3 Å². The van der Waals surface area contributed by atoms with Gasteiger partial charge in [0.05, 0.1) is 5.41 Å². The van der Waals surface area contributed by atoms with Gasteiger partial charge < -0.3 is 20.5 Å². The highest BCUT2D eigenvalue weighted by Gasteiger charge is 2.45. The third kappa shape index (κ3) is 4.51. The number of hydrogen-bond donors (Lipinski definition) is 3. The van der Waals surface area contributed by atoms with Crippen LogP contribution in [0.25, 0.3) is 11.1 Å². The zero-order valence-electron chi connectivity index (χ0n) is 19.8. The summed E-state index contributed by atoms with van der Waals surface area (Å²) in [5.74, 6) is -1.11. The topological polar surface area (TPSA) is 105 Å². The fraction of sp³-hybridized carbons (Fsp3) is 0.464. The van der Waals surface area contributed by atoms with Gasteiger partial charge in [0.25, 0.3) is 0 Å². The Morgan fingerprint density at radius 3 is 2.17 bits per heavy atom. The molecule has 3 aliphatic rings. The molecule has 2 fully saturated rings. The van der Waals surface area contributed by atoms with Gasteiger partial charge in [-0.25, -0.2) is 4.79 Å². The minimum atomic E-state index is -0.830. The SMILES string of the molecule is O=C(NCC1CCCC1C(=O)NCC1(C(=O)O)CCC1)OCC1c2ccccc2-c2ccccc21. The first-order valence-corrected chi connectivity index (χ1v) is 12.6. The van der Waals surface area contributed by atoms with Gasteiger partial charge >= 0.3 is 12.1 Å². The molecule has 0 radical (unpaired) electrons. The van der Waals surface area contributed by atoms with Crippen molar-refractivity contribution in [3.05, 3.63) is 59.7 Å². The van der Waals surface area contributed by atoms with Gasteiger partial charge in [-0.3, -0.25) is 9.59 Å². The van der Waals surface area contributed by atoms with Crippen LogP contribution in [-0.2, 0) is 14.3 Å². The van der Waals surface area contributed by atoms with E-state index in [-0.39, 0.29) is 36.8 Å². The maximum atomic E-state index is 12.8. The van der Waals surface area contributed by atoms with Crippen molar-refractivity contribution in [3.8, 4) is 11.1 Å². The molecule has 0 heterocycles. The van der Waals surface area contributed by atoms with E-state index < -0.39 is 17.5 Å². The lowest BCUT2D eigenvalue weighted by atomic mass is 9.68. The van der Waals surface area contributed by atoms with Gasteiger partial charge in [0.15, 0.2) is 0 Å². The van der Waals surface area contributed by atoms with Gasteiger partial charge in [-0.1, -0.05) is 61.4 Å². The number of carboxylic acids is 1. The van der Waals surface area contributed by atoms with Crippen LogP contribution in [0.3, 0.4) is 0 Å². The number of rotatable bonds is 8. The number of amides is 2. The van der Waals surface area contributed by atoms with Gasteiger partial charge in [-0.2, -0.15) is 0 Å². The lowest BCUT2D eigenvalue weighted by Gasteiger charge is -2.38. The molecule has 0 spiro atoms. The lowest BCUT2D eigenvalue weighted by molar-refractivity contribution is -0.154. The molecule has 0 aliphatic heterocycles. The molecule has 3 N–H and O–H groups in total. The molecule has 184 valence electrons. The van der Waals surface area contributed by atoms with Crippen LogP contribution in [0.4, 0.5) is 4.79 Å². The summed E-state index contributed by atoms with van der Waals surface area (Å²) < 4.78 is 5.62. The summed E-state index contributed by atoms with van der Waals surface area (Å²) in [6, 6.07) is 16.4. The zero-order chi connectivity index (χ0) is 24.4. The highest BCUT2D eigenvalue weighted by atomic mass is 16.5. The summed E-state index contributed by atoms with van der Waals surface area (Å²) in [5, 5.41) is 15.2. The molecule has 2 unspecified atom stereocenters. The van der Waals surface area contributed by atoms with Crippen molar-refractivity contribution >= 4 is 18.0 Å². The Morgan fingerprint density at radius 2 is 1.57 bits per heavy atom. The summed E-state index contributed by atoms with van der Waals surface area (Å²) in [5.41, 5.74) is 3.90. The molecule has 3 aliphatic carbocycles. The Bertz CT molecular complexity index is 1080. The van der Waals surface area contributed by atoms with Crippen LogP contribution >= 0.6 is 0 Å². The number of nitrogens with one attached hydrogen (secondary N) is 2. The van der Waals surface area contributed by atoms with Crippen molar-refractivity contribution < 1.29 is 24.2 Å². The number of hydrogen-bond acceptors (Lipinski definition) is 4. The van der Waals surface area contributed by atoms with E-state index in [0.717, 1.165) is 25.7 Å². The molecule has 2 amide bonds. The van der Waals surface area contributed by atoms with Gasteiger partial charge in [-0.05, 0) is 53.9 Å². The van der Waals surface area contributed by atoms with E-state index in [1.165, 1.54) is 22.3 Å². The summed E-state index contributed by atoms with van der Waals surface area (Å²) in [4.78, 5) is 36.9. The third-order valence-corrected chi connectivity index (χ3v) is 8.21. The Hall–Kier alpha value is -3.35. The molecule has 0 saturated heterocycles. The molecule has 2 atom stereocenters. The number of carboxylic acid groups (broad SMARTS) is 1. The summed E-state index contributed by atoms with van der Waals surface area (Å²) in [6.45, 7) is 0.814. The number of fused-ring (bicyclic) bond motifs is 3. The second kappa shape index (κ2) is 9.72. The minimum Gasteiger partial charge on any atom is -0.481 e. The van der Waals surface area contributed by atoms with E-state index in [1.54, 1.807) is 0 Å². The molecule has 0 bridgehead atoms. The monoisotopic (exact) mass is 476 g/mol. The molecule has 2 aromatic rings. The van der Waals surface area contributed by atoms with E-state index in [0.29, 0.717) is 19.4 Å². The second-order valence-electron chi connectivity index (χ2n) is 10.2. The summed E-state index contributed by atoms with van der Waals surface area (Å²) in [7, 11) is 0. The molecule has 7 heteroatoms. The Morgan fingerprint density at radius 1 is 0.914 bits per heavy atom. The van der Waals surface area contributed by atoms with Crippen molar-refractivity contribution in [2.45, 2.75) is 44.4 Å². The zero-order valence-corrected chi connectivity index (χ0v) is 19.8. The molecule has 0 aromatic heterocycles. The Balaban J connectivity index is 1.12. The molecular formula is C28H32N2O5. The summed E-state index contributed by atoms with van der Waals surface area (Å²) >= 11 is 0. The second-order valence-corrected chi connectivity index (χ2v) is 10.2. The average molecular weight is 477 g/mol. The van der Waals surface area contributed by atoms with Crippen molar-refractivity contribution in [3.63, 3.8) is 0 Å². The number of alkyl carbamates (subject to hydrolysis) is 1. The van der Waals surface area contributed by atoms with Crippen LogP contribution in [-0.4, -0.2) is 42.8 Å². The number of carbonyl (C=O) groups is 3. The highest BCUT2D eigenvalue weighted by Crippen LogP contribution is 2.44. The Labute approximate surface area is 205 Å². The van der Waals surface area contributed by atoms with Crippen molar-refractivity contribution in [1.82, 2.24) is 10.6 Å². The van der Waals surface area contributed by atoms with Crippen LogP contribution in [0.1, 0.15) is 55.6 Å². The normalized spacial score (nSPS) is 21.9. The fourth-order valence-electron chi connectivity index (χ4n) is 5.95. The van der Waals surface area contributed by atoms with Gasteiger partial charge in [0.2, 0.25) is 5.91 Å².